The molecule has 0 saturated heterocycles. The lowest BCUT2D eigenvalue weighted by Crippen LogP contribution is -2.46. The molecule has 1 atom stereocenters. The highest BCUT2D eigenvalue weighted by Crippen LogP contribution is 2.26. The Morgan fingerprint density at radius 2 is 1.65 bits per heavy atom. The van der Waals surface area contributed by atoms with E-state index < -0.39 is 29.6 Å². The van der Waals surface area contributed by atoms with Crippen LogP contribution in [0, 0.1) is 0 Å². The van der Waals surface area contributed by atoms with E-state index in [0.29, 0.717) is 23.4 Å². The lowest BCUT2D eigenvalue weighted by Gasteiger charge is -2.31. The maximum Gasteiger partial charge on any atom is 0.408 e. The number of carbonyl (C=O) groups excluding carboxylic acids is 3. The third-order valence-electron chi connectivity index (χ3n) is 4.69. The molecule has 0 bridgehead atoms. The molecule has 3 N–H and O–H groups in total. The van der Waals surface area contributed by atoms with E-state index in [0.717, 1.165) is 0 Å². The quantitative estimate of drug-likeness (QED) is 0.512. The summed E-state index contributed by atoms with van der Waals surface area (Å²) in [6.07, 6.45) is -0.135. The molecule has 1 unspecified atom stereocenters. The topological polar surface area (TPSA) is 117 Å². The number of rotatable bonds is 9. The summed E-state index contributed by atoms with van der Waals surface area (Å²) in [6, 6.07) is 11.9. The van der Waals surface area contributed by atoms with Crippen LogP contribution in [0.3, 0.4) is 0 Å². The summed E-state index contributed by atoms with van der Waals surface area (Å²) >= 11 is 0. The summed E-state index contributed by atoms with van der Waals surface area (Å²) in [5, 5.41) is 15.0. The van der Waals surface area contributed by atoms with Crippen molar-refractivity contribution in [2.24, 2.45) is 0 Å². The molecular formula is C25H33N3O6. The number of phenols is 1. The van der Waals surface area contributed by atoms with E-state index in [2.05, 4.69) is 10.6 Å². The van der Waals surface area contributed by atoms with Crippen molar-refractivity contribution in [3.8, 4) is 11.5 Å². The Kier molecular flexibility index (Phi) is 9.29. The van der Waals surface area contributed by atoms with Crippen LogP contribution in [-0.4, -0.2) is 53.7 Å². The van der Waals surface area contributed by atoms with Gasteiger partial charge in [0.1, 0.15) is 29.7 Å². The van der Waals surface area contributed by atoms with Gasteiger partial charge in [0.15, 0.2) is 0 Å². The van der Waals surface area contributed by atoms with E-state index in [4.69, 9.17) is 9.47 Å². The molecule has 0 spiro atoms. The molecule has 0 saturated carbocycles. The normalized spacial score (nSPS) is 11.8. The van der Waals surface area contributed by atoms with Crippen LogP contribution in [-0.2, 0) is 14.3 Å². The molecule has 184 valence electrons. The fourth-order valence-electron chi connectivity index (χ4n) is 3.22. The number of aromatic hydroxyl groups is 1. The number of alkyl carbamates (subject to hydrolysis) is 1. The van der Waals surface area contributed by atoms with Crippen molar-refractivity contribution in [1.82, 2.24) is 10.2 Å². The summed E-state index contributed by atoms with van der Waals surface area (Å²) in [5.41, 5.74) is 0.344. The van der Waals surface area contributed by atoms with Crippen molar-refractivity contribution >= 4 is 23.6 Å². The van der Waals surface area contributed by atoms with Crippen LogP contribution in [0.15, 0.2) is 48.5 Å². The highest BCUT2D eigenvalue weighted by Gasteiger charge is 2.31. The highest BCUT2D eigenvalue weighted by molar-refractivity contribution is 5.98. The number of benzene rings is 2. The summed E-state index contributed by atoms with van der Waals surface area (Å²) in [6.45, 7) is 7.00. The van der Waals surface area contributed by atoms with Gasteiger partial charge in [-0.3, -0.25) is 9.59 Å². The van der Waals surface area contributed by atoms with Gasteiger partial charge in [-0.25, -0.2) is 4.79 Å². The molecule has 34 heavy (non-hydrogen) atoms. The van der Waals surface area contributed by atoms with E-state index in [-0.39, 0.29) is 18.8 Å². The summed E-state index contributed by atoms with van der Waals surface area (Å²) in [5.74, 6) is -0.201. The summed E-state index contributed by atoms with van der Waals surface area (Å²) < 4.78 is 10.3. The van der Waals surface area contributed by atoms with Crippen molar-refractivity contribution in [3.05, 3.63) is 54.1 Å². The van der Waals surface area contributed by atoms with Crippen LogP contribution < -0.4 is 15.4 Å². The average Bonchev–Trinajstić information content (AvgIpc) is 2.77. The van der Waals surface area contributed by atoms with Gasteiger partial charge in [-0.05, 0) is 69.2 Å². The smallest absolute Gasteiger partial charge is 0.408 e. The van der Waals surface area contributed by atoms with Gasteiger partial charge in [0.2, 0.25) is 5.91 Å². The molecule has 0 heterocycles. The van der Waals surface area contributed by atoms with E-state index in [9.17, 15) is 19.5 Å². The SMILES string of the molecule is CCCN(C(=O)CNC(=O)OC(C)(C)C)C(C(=O)Nc1ccc(OC)cc1)c1ccc(O)cc1. The molecule has 3 amide bonds. The minimum Gasteiger partial charge on any atom is -0.508 e. The monoisotopic (exact) mass is 471 g/mol. The van der Waals surface area contributed by atoms with Crippen LogP contribution in [0.5, 0.6) is 11.5 Å². The number of methoxy groups -OCH3 is 1. The lowest BCUT2D eigenvalue weighted by atomic mass is 10.0. The largest absolute Gasteiger partial charge is 0.508 e. The fourth-order valence-corrected chi connectivity index (χ4v) is 3.22. The van der Waals surface area contributed by atoms with Crippen molar-refractivity contribution in [2.75, 3.05) is 25.5 Å². The maximum atomic E-state index is 13.4. The number of nitrogens with zero attached hydrogens (tertiary/aromatic N) is 1. The van der Waals surface area contributed by atoms with Crippen molar-refractivity contribution < 1.29 is 29.0 Å². The number of ether oxygens (including phenoxy) is 2. The third kappa shape index (κ3) is 7.99. The van der Waals surface area contributed by atoms with Crippen molar-refractivity contribution in [2.45, 2.75) is 45.8 Å². The van der Waals surface area contributed by atoms with Gasteiger partial charge in [-0.1, -0.05) is 19.1 Å². The Morgan fingerprint density at radius 1 is 1.03 bits per heavy atom. The molecule has 0 radical (unpaired) electrons. The number of anilines is 1. The van der Waals surface area contributed by atoms with Gasteiger partial charge >= 0.3 is 6.09 Å². The molecule has 0 aliphatic carbocycles. The van der Waals surface area contributed by atoms with Gasteiger partial charge < -0.3 is 30.1 Å². The first-order valence-corrected chi connectivity index (χ1v) is 11.0. The Labute approximate surface area is 200 Å². The first-order valence-electron chi connectivity index (χ1n) is 11.0. The van der Waals surface area contributed by atoms with E-state index in [1.807, 2.05) is 6.92 Å². The van der Waals surface area contributed by atoms with Crippen LogP contribution in [0.4, 0.5) is 10.5 Å². The lowest BCUT2D eigenvalue weighted by molar-refractivity contribution is -0.138. The number of hydrogen-bond donors (Lipinski definition) is 3. The predicted octanol–water partition coefficient (Wildman–Crippen LogP) is 3.84. The van der Waals surface area contributed by atoms with E-state index in [1.165, 1.54) is 17.0 Å². The second-order valence-electron chi connectivity index (χ2n) is 8.65. The molecule has 0 aliphatic rings. The van der Waals surface area contributed by atoms with Gasteiger partial charge in [-0.2, -0.15) is 0 Å². The van der Waals surface area contributed by atoms with Gasteiger partial charge in [0.05, 0.1) is 7.11 Å². The Bertz CT molecular complexity index is 968. The zero-order valence-corrected chi connectivity index (χ0v) is 20.3. The number of phenolic OH excluding ortho intramolecular Hbond substituents is 1. The molecule has 2 aromatic carbocycles. The molecule has 2 rings (SSSR count). The molecule has 0 fully saturated rings. The molecule has 0 aromatic heterocycles. The zero-order valence-electron chi connectivity index (χ0n) is 20.3. The summed E-state index contributed by atoms with van der Waals surface area (Å²) in [7, 11) is 1.55. The number of amides is 3. The van der Waals surface area contributed by atoms with Crippen molar-refractivity contribution in [1.29, 1.82) is 0 Å². The Balaban J connectivity index is 2.29. The van der Waals surface area contributed by atoms with E-state index in [1.54, 1.807) is 64.3 Å². The van der Waals surface area contributed by atoms with Crippen LogP contribution in [0.2, 0.25) is 0 Å². The number of nitrogens with one attached hydrogen (secondary N) is 2. The zero-order chi connectivity index (χ0) is 25.3. The molecule has 9 heteroatoms. The van der Waals surface area contributed by atoms with Gasteiger partial charge in [0, 0.05) is 12.2 Å². The van der Waals surface area contributed by atoms with Gasteiger partial charge in [0.25, 0.3) is 5.91 Å². The summed E-state index contributed by atoms with van der Waals surface area (Å²) in [4.78, 5) is 40.0. The predicted molar refractivity (Wildman–Crippen MR) is 129 cm³/mol. The second-order valence-corrected chi connectivity index (χ2v) is 8.65. The van der Waals surface area contributed by atoms with Crippen molar-refractivity contribution in [3.63, 3.8) is 0 Å². The third-order valence-corrected chi connectivity index (χ3v) is 4.69. The Morgan fingerprint density at radius 3 is 2.18 bits per heavy atom. The minimum absolute atomic E-state index is 0.0398. The maximum absolute atomic E-state index is 13.4. The van der Waals surface area contributed by atoms with Gasteiger partial charge in [-0.15, -0.1) is 0 Å². The average molecular weight is 472 g/mol. The second kappa shape index (κ2) is 11.9. The first kappa shape index (κ1) is 26.5. The molecule has 0 aliphatic heterocycles. The fraction of sp³-hybridized carbons (Fsp3) is 0.400. The molecule has 9 nitrogen and oxygen atoms in total. The Hall–Kier alpha value is -3.75. The number of carbonyl (C=O) groups is 3. The van der Waals surface area contributed by atoms with Crippen LogP contribution in [0.25, 0.3) is 0 Å². The highest BCUT2D eigenvalue weighted by atomic mass is 16.6. The minimum atomic E-state index is -0.990. The molecular weight excluding hydrogens is 438 g/mol. The standard InChI is InChI=1S/C25H33N3O6/c1-6-15-28(21(30)16-26-24(32)34-25(2,3)4)22(17-7-11-19(29)12-8-17)23(31)27-18-9-13-20(33-5)14-10-18/h7-14,22,29H,6,15-16H2,1-5H3,(H,26,32)(H,27,31). The van der Waals surface area contributed by atoms with Crippen LogP contribution in [0.1, 0.15) is 45.7 Å². The molecule has 2 aromatic rings. The van der Waals surface area contributed by atoms with Crippen LogP contribution >= 0.6 is 0 Å². The number of hydrogen-bond acceptors (Lipinski definition) is 6. The first-order chi connectivity index (χ1) is 16.0. The van der Waals surface area contributed by atoms with E-state index >= 15 is 0 Å².